The average molecular weight is 350 g/mol. The summed E-state index contributed by atoms with van der Waals surface area (Å²) in [6, 6.07) is 11.9. The van der Waals surface area contributed by atoms with Gasteiger partial charge in [0.25, 0.3) is 5.91 Å². The Labute approximate surface area is 146 Å². The molecule has 0 bridgehead atoms. The molecule has 1 heterocycles. The number of anilines is 1. The average Bonchev–Trinajstić information content (AvgIpc) is 2.63. The van der Waals surface area contributed by atoms with Gasteiger partial charge in [-0.2, -0.15) is 0 Å². The Bertz CT molecular complexity index is 1080. The van der Waals surface area contributed by atoms with Crippen LogP contribution in [-0.4, -0.2) is 23.6 Å². The van der Waals surface area contributed by atoms with Crippen LogP contribution in [-0.2, 0) is 14.4 Å². The van der Waals surface area contributed by atoms with Gasteiger partial charge < -0.3 is 5.32 Å². The van der Waals surface area contributed by atoms with Crippen molar-refractivity contribution in [3.05, 3.63) is 70.5 Å². The standard InChI is InChI=1S/C18H11FN4O3/c19-13-5-7-14(8-6-13)21-17(25)18(26)23-20-10-12-9-11-3-1-2-4-15(11)22-16(12)24/h1-9H,(H,21,25)(H,23,26). The number of benzene rings is 2. The van der Waals surface area contributed by atoms with Crippen LogP contribution in [0.5, 0.6) is 0 Å². The Morgan fingerprint density at radius 1 is 1.04 bits per heavy atom. The Hall–Kier alpha value is -3.90. The Balaban J connectivity index is 1.69. The van der Waals surface area contributed by atoms with Crippen molar-refractivity contribution in [1.82, 2.24) is 5.43 Å². The number of carbonyl (C=O) groups excluding carboxylic acids is 3. The largest absolute Gasteiger partial charge is 0.330 e. The number of hydrogen-bond acceptors (Lipinski definition) is 4. The first-order valence-electron chi connectivity index (χ1n) is 7.42. The van der Waals surface area contributed by atoms with Crippen molar-refractivity contribution in [2.24, 2.45) is 10.1 Å². The van der Waals surface area contributed by atoms with Crippen molar-refractivity contribution < 1.29 is 18.8 Å². The summed E-state index contributed by atoms with van der Waals surface area (Å²) in [6.07, 6.45) is 1.53. The molecule has 2 aromatic carbocycles. The van der Waals surface area contributed by atoms with E-state index in [9.17, 15) is 18.8 Å². The molecule has 1 aliphatic rings. The van der Waals surface area contributed by atoms with Gasteiger partial charge in [0.2, 0.25) is 0 Å². The second-order valence-electron chi connectivity index (χ2n) is 5.16. The summed E-state index contributed by atoms with van der Waals surface area (Å²) in [5.41, 5.74) is 2.25. The van der Waals surface area contributed by atoms with Gasteiger partial charge in [-0.15, -0.1) is 5.10 Å². The van der Waals surface area contributed by atoms with Crippen molar-refractivity contribution in [3.63, 3.8) is 0 Å². The molecular formula is C18H11FN4O3. The molecule has 0 fully saturated rings. The van der Waals surface area contributed by atoms with E-state index < -0.39 is 23.5 Å². The second kappa shape index (κ2) is 7.33. The SMILES string of the molecule is O=C1N=c2ccccc2=CC1=C=NNC(=O)C(=O)Nc1ccc(F)cc1. The number of hydrogen-bond donors (Lipinski definition) is 2. The zero-order valence-corrected chi connectivity index (χ0v) is 13.2. The molecule has 2 N–H and O–H groups in total. The highest BCUT2D eigenvalue weighted by Crippen LogP contribution is 2.07. The van der Waals surface area contributed by atoms with E-state index in [2.05, 4.69) is 21.3 Å². The lowest BCUT2D eigenvalue weighted by Gasteiger charge is -2.03. The summed E-state index contributed by atoms with van der Waals surface area (Å²) in [6.45, 7) is 0. The lowest BCUT2D eigenvalue weighted by atomic mass is 10.1. The Morgan fingerprint density at radius 3 is 2.54 bits per heavy atom. The highest BCUT2D eigenvalue weighted by molar-refractivity contribution is 6.39. The fourth-order valence-electron chi connectivity index (χ4n) is 2.09. The number of nitrogens with zero attached hydrogens (tertiary/aromatic N) is 2. The van der Waals surface area contributed by atoms with Gasteiger partial charge in [-0.25, -0.2) is 14.8 Å². The lowest BCUT2D eigenvalue weighted by Crippen LogP contribution is -2.32. The number of carbonyl (C=O) groups is 3. The summed E-state index contributed by atoms with van der Waals surface area (Å²) < 4.78 is 12.8. The van der Waals surface area contributed by atoms with Crippen LogP contribution in [0.2, 0.25) is 0 Å². The molecule has 8 heteroatoms. The van der Waals surface area contributed by atoms with Crippen molar-refractivity contribution in [2.45, 2.75) is 0 Å². The Morgan fingerprint density at radius 2 is 1.77 bits per heavy atom. The van der Waals surface area contributed by atoms with E-state index in [1.165, 1.54) is 18.2 Å². The molecule has 3 amide bonds. The number of amides is 3. The summed E-state index contributed by atoms with van der Waals surface area (Å²) >= 11 is 0. The number of para-hydroxylation sites is 1. The van der Waals surface area contributed by atoms with Gasteiger partial charge in [-0.1, -0.05) is 18.2 Å². The number of fused-ring (bicyclic) bond motifs is 1. The second-order valence-corrected chi connectivity index (χ2v) is 5.16. The van der Waals surface area contributed by atoms with Gasteiger partial charge >= 0.3 is 11.8 Å². The maximum Gasteiger partial charge on any atom is 0.330 e. The molecule has 7 nitrogen and oxygen atoms in total. The summed E-state index contributed by atoms with van der Waals surface area (Å²) in [5.74, 6) is -0.741. The lowest BCUT2D eigenvalue weighted by molar-refractivity contribution is -0.136. The number of hydrazone groups is 1. The Kier molecular flexibility index (Phi) is 4.78. The minimum Gasteiger partial charge on any atom is -0.318 e. The fraction of sp³-hybridized carbons (Fsp3) is 0. The molecule has 128 valence electrons. The first kappa shape index (κ1) is 16.9. The quantitative estimate of drug-likeness (QED) is 0.346. The van der Waals surface area contributed by atoms with Gasteiger partial charge in [-0.3, -0.25) is 14.4 Å². The van der Waals surface area contributed by atoms with Crippen LogP contribution in [0.4, 0.5) is 10.1 Å². The van der Waals surface area contributed by atoms with Crippen LogP contribution in [0.25, 0.3) is 6.08 Å². The molecule has 1 aliphatic heterocycles. The van der Waals surface area contributed by atoms with Gasteiger partial charge in [-0.05, 0) is 36.4 Å². The maximum atomic E-state index is 12.8. The minimum atomic E-state index is -1.07. The zero-order chi connectivity index (χ0) is 18.5. The third kappa shape index (κ3) is 3.95. The zero-order valence-electron chi connectivity index (χ0n) is 13.2. The molecule has 26 heavy (non-hydrogen) atoms. The smallest absolute Gasteiger partial charge is 0.318 e. The molecule has 0 saturated heterocycles. The highest BCUT2D eigenvalue weighted by Gasteiger charge is 2.13. The topological polar surface area (TPSA) is 100.0 Å². The van der Waals surface area contributed by atoms with Crippen molar-refractivity contribution in [1.29, 1.82) is 0 Å². The van der Waals surface area contributed by atoms with Crippen LogP contribution in [0, 0.1) is 5.82 Å². The summed E-state index contributed by atoms with van der Waals surface area (Å²) in [4.78, 5) is 39.1. The molecule has 0 aromatic heterocycles. The van der Waals surface area contributed by atoms with Crippen LogP contribution in [0.15, 0.2) is 64.2 Å². The molecule has 2 aromatic rings. The normalized spacial score (nSPS) is 12.0. The van der Waals surface area contributed by atoms with Crippen LogP contribution in [0.1, 0.15) is 0 Å². The van der Waals surface area contributed by atoms with E-state index >= 15 is 0 Å². The van der Waals surface area contributed by atoms with Crippen LogP contribution >= 0.6 is 0 Å². The number of nitrogens with one attached hydrogen (secondary N) is 2. The van der Waals surface area contributed by atoms with Crippen molar-refractivity contribution >= 4 is 35.4 Å². The van der Waals surface area contributed by atoms with E-state index in [4.69, 9.17) is 0 Å². The molecule has 0 aliphatic carbocycles. The van der Waals surface area contributed by atoms with E-state index in [1.54, 1.807) is 24.3 Å². The first-order chi connectivity index (χ1) is 12.5. The fourth-order valence-corrected chi connectivity index (χ4v) is 2.09. The van der Waals surface area contributed by atoms with E-state index in [1.807, 2.05) is 5.43 Å². The molecular weight excluding hydrogens is 339 g/mol. The van der Waals surface area contributed by atoms with Gasteiger partial charge in [0, 0.05) is 16.8 Å². The summed E-state index contributed by atoms with van der Waals surface area (Å²) in [7, 11) is 0. The number of halogens is 1. The van der Waals surface area contributed by atoms with Gasteiger partial charge in [0.05, 0.1) is 5.36 Å². The van der Waals surface area contributed by atoms with Gasteiger partial charge in [0.15, 0.2) is 0 Å². The monoisotopic (exact) mass is 350 g/mol. The molecule has 0 unspecified atom stereocenters. The third-order valence-corrected chi connectivity index (χ3v) is 3.33. The van der Waals surface area contributed by atoms with E-state index in [-0.39, 0.29) is 11.3 Å². The van der Waals surface area contributed by atoms with Crippen LogP contribution in [0.3, 0.4) is 0 Å². The number of rotatable bonds is 2. The molecule has 0 spiro atoms. The minimum absolute atomic E-state index is 0.0444. The van der Waals surface area contributed by atoms with E-state index in [0.717, 1.165) is 12.1 Å². The first-order valence-corrected chi connectivity index (χ1v) is 7.42. The van der Waals surface area contributed by atoms with Crippen LogP contribution < -0.4 is 21.3 Å². The molecule has 0 saturated carbocycles. The molecule has 0 radical (unpaired) electrons. The molecule has 0 atom stereocenters. The predicted octanol–water partition coefficient (Wildman–Crippen LogP) is 0.0320. The summed E-state index contributed by atoms with van der Waals surface area (Å²) in [5, 5.41) is 7.00. The predicted molar refractivity (Wildman–Crippen MR) is 90.8 cm³/mol. The third-order valence-electron chi connectivity index (χ3n) is 3.33. The van der Waals surface area contributed by atoms with Crippen molar-refractivity contribution in [2.75, 3.05) is 5.32 Å². The maximum absolute atomic E-state index is 12.8. The highest BCUT2D eigenvalue weighted by atomic mass is 19.1. The van der Waals surface area contributed by atoms with Crippen molar-refractivity contribution in [3.8, 4) is 0 Å². The van der Waals surface area contributed by atoms with E-state index in [0.29, 0.717) is 10.6 Å². The van der Waals surface area contributed by atoms with Gasteiger partial charge in [0.1, 0.15) is 11.4 Å². The molecule has 3 rings (SSSR count).